The van der Waals surface area contributed by atoms with Crippen molar-refractivity contribution < 1.29 is 0 Å². The van der Waals surface area contributed by atoms with Gasteiger partial charge in [0, 0.05) is 18.6 Å². The van der Waals surface area contributed by atoms with Crippen LogP contribution in [0.2, 0.25) is 0 Å². The number of hydrogen-bond acceptors (Lipinski definition) is 3. The number of nitrogens with one attached hydrogen (secondary N) is 1. The molecule has 0 spiro atoms. The topological polar surface area (TPSA) is 18.5 Å². The predicted octanol–water partition coefficient (Wildman–Crippen LogP) is 1.93. The Morgan fingerprint density at radius 1 is 1.17 bits per heavy atom. The Morgan fingerprint density at radius 2 is 2.06 bits per heavy atom. The number of likely N-dealkylation sites (tertiary alicyclic amines) is 1. The maximum atomic E-state index is 3.66. The van der Waals surface area contributed by atoms with E-state index in [1.165, 1.54) is 71.1 Å². The molecule has 18 heavy (non-hydrogen) atoms. The van der Waals surface area contributed by atoms with Crippen molar-refractivity contribution in [1.29, 1.82) is 0 Å². The minimum Gasteiger partial charge on any atom is -0.314 e. The molecule has 0 aliphatic carbocycles. The van der Waals surface area contributed by atoms with Gasteiger partial charge in [-0.3, -0.25) is 4.90 Å². The zero-order valence-electron chi connectivity index (χ0n) is 12.3. The Kier molecular flexibility index (Phi) is 5.93. The normalized spacial score (nSPS) is 30.2. The summed E-state index contributed by atoms with van der Waals surface area (Å²) in [5.74, 6) is 0. The zero-order valence-corrected chi connectivity index (χ0v) is 12.3. The van der Waals surface area contributed by atoms with E-state index in [4.69, 9.17) is 0 Å². The molecule has 0 aromatic heterocycles. The maximum absolute atomic E-state index is 3.66. The minimum absolute atomic E-state index is 0.814. The SMILES string of the molecule is CN(C)CC1CCCN1CCCC1CCCCN1. The fourth-order valence-corrected chi connectivity index (χ4v) is 3.53. The van der Waals surface area contributed by atoms with E-state index in [2.05, 4.69) is 29.2 Å². The fourth-order valence-electron chi connectivity index (χ4n) is 3.53. The second-order valence-corrected chi connectivity index (χ2v) is 6.38. The van der Waals surface area contributed by atoms with Gasteiger partial charge in [-0.25, -0.2) is 0 Å². The van der Waals surface area contributed by atoms with Crippen molar-refractivity contribution in [3.63, 3.8) is 0 Å². The fraction of sp³-hybridized carbons (Fsp3) is 1.00. The van der Waals surface area contributed by atoms with Crippen LogP contribution in [-0.2, 0) is 0 Å². The Labute approximate surface area is 113 Å². The number of piperidine rings is 1. The molecular formula is C15H31N3. The van der Waals surface area contributed by atoms with Crippen LogP contribution in [-0.4, -0.2) is 62.2 Å². The summed E-state index contributed by atoms with van der Waals surface area (Å²) in [7, 11) is 4.39. The van der Waals surface area contributed by atoms with Gasteiger partial charge in [-0.2, -0.15) is 0 Å². The van der Waals surface area contributed by atoms with E-state index in [0.717, 1.165) is 12.1 Å². The highest BCUT2D eigenvalue weighted by Crippen LogP contribution is 2.19. The molecule has 3 heteroatoms. The average Bonchev–Trinajstić information content (AvgIpc) is 2.77. The van der Waals surface area contributed by atoms with Crippen LogP contribution in [0.3, 0.4) is 0 Å². The molecule has 2 aliphatic heterocycles. The van der Waals surface area contributed by atoms with Gasteiger partial charge in [0.2, 0.25) is 0 Å². The molecule has 0 saturated carbocycles. The van der Waals surface area contributed by atoms with E-state index < -0.39 is 0 Å². The third kappa shape index (κ3) is 4.52. The largest absolute Gasteiger partial charge is 0.314 e. The summed E-state index contributed by atoms with van der Waals surface area (Å²) in [6.07, 6.45) is 9.78. The van der Waals surface area contributed by atoms with Gasteiger partial charge in [-0.1, -0.05) is 6.42 Å². The van der Waals surface area contributed by atoms with Crippen LogP contribution in [0.1, 0.15) is 44.9 Å². The molecular weight excluding hydrogens is 222 g/mol. The van der Waals surface area contributed by atoms with Gasteiger partial charge in [-0.05, 0) is 72.3 Å². The van der Waals surface area contributed by atoms with Gasteiger partial charge >= 0.3 is 0 Å². The first-order chi connectivity index (χ1) is 8.75. The van der Waals surface area contributed by atoms with E-state index in [1.54, 1.807) is 0 Å². The van der Waals surface area contributed by atoms with Crippen LogP contribution in [0.15, 0.2) is 0 Å². The van der Waals surface area contributed by atoms with Crippen molar-refractivity contribution >= 4 is 0 Å². The first-order valence-corrected chi connectivity index (χ1v) is 7.88. The predicted molar refractivity (Wildman–Crippen MR) is 78.0 cm³/mol. The van der Waals surface area contributed by atoms with E-state index in [9.17, 15) is 0 Å². The quantitative estimate of drug-likeness (QED) is 0.780. The van der Waals surface area contributed by atoms with E-state index in [-0.39, 0.29) is 0 Å². The Bertz CT molecular complexity index is 224. The lowest BCUT2D eigenvalue weighted by molar-refractivity contribution is 0.201. The monoisotopic (exact) mass is 253 g/mol. The Balaban J connectivity index is 1.62. The molecule has 2 heterocycles. The third-order valence-electron chi connectivity index (χ3n) is 4.49. The molecule has 0 radical (unpaired) electrons. The molecule has 2 fully saturated rings. The lowest BCUT2D eigenvalue weighted by Gasteiger charge is -2.28. The molecule has 2 saturated heterocycles. The first-order valence-electron chi connectivity index (χ1n) is 7.88. The maximum Gasteiger partial charge on any atom is 0.0223 e. The molecule has 106 valence electrons. The van der Waals surface area contributed by atoms with Gasteiger partial charge < -0.3 is 10.2 Å². The molecule has 3 nitrogen and oxygen atoms in total. The molecule has 2 rings (SSSR count). The van der Waals surface area contributed by atoms with Crippen molar-refractivity contribution in [3.05, 3.63) is 0 Å². The van der Waals surface area contributed by atoms with Crippen LogP contribution < -0.4 is 5.32 Å². The van der Waals surface area contributed by atoms with E-state index in [0.29, 0.717) is 0 Å². The standard InChI is InChI=1S/C15H31N3/c1-17(2)13-15-9-6-12-18(15)11-5-8-14-7-3-4-10-16-14/h14-16H,3-13H2,1-2H3. The van der Waals surface area contributed by atoms with Crippen LogP contribution >= 0.6 is 0 Å². The molecule has 0 aromatic rings. The highest BCUT2D eigenvalue weighted by atomic mass is 15.2. The first kappa shape index (κ1) is 14.3. The second kappa shape index (κ2) is 7.46. The van der Waals surface area contributed by atoms with Crippen molar-refractivity contribution in [3.8, 4) is 0 Å². The lowest BCUT2D eigenvalue weighted by atomic mass is 10.0. The summed E-state index contributed by atoms with van der Waals surface area (Å²) in [4.78, 5) is 5.06. The molecule has 1 N–H and O–H groups in total. The van der Waals surface area contributed by atoms with Crippen molar-refractivity contribution in [2.24, 2.45) is 0 Å². The number of hydrogen-bond donors (Lipinski definition) is 1. The number of rotatable bonds is 6. The van der Waals surface area contributed by atoms with E-state index >= 15 is 0 Å². The van der Waals surface area contributed by atoms with Crippen LogP contribution in [0.25, 0.3) is 0 Å². The lowest BCUT2D eigenvalue weighted by Crippen LogP contribution is -2.39. The van der Waals surface area contributed by atoms with Gasteiger partial charge in [-0.15, -0.1) is 0 Å². The van der Waals surface area contributed by atoms with E-state index in [1.807, 2.05) is 0 Å². The zero-order chi connectivity index (χ0) is 12.8. The van der Waals surface area contributed by atoms with Crippen molar-refractivity contribution in [2.45, 2.75) is 57.0 Å². The van der Waals surface area contributed by atoms with Gasteiger partial charge in [0.1, 0.15) is 0 Å². The molecule has 0 bridgehead atoms. The summed E-state index contributed by atoms with van der Waals surface area (Å²) in [5, 5.41) is 3.66. The molecule has 2 aliphatic rings. The summed E-state index contributed by atoms with van der Waals surface area (Å²) < 4.78 is 0. The molecule has 0 aromatic carbocycles. The van der Waals surface area contributed by atoms with Crippen molar-refractivity contribution in [1.82, 2.24) is 15.1 Å². The summed E-state index contributed by atoms with van der Waals surface area (Å²) in [6, 6.07) is 1.63. The van der Waals surface area contributed by atoms with Gasteiger partial charge in [0.05, 0.1) is 0 Å². The smallest absolute Gasteiger partial charge is 0.0223 e. The van der Waals surface area contributed by atoms with Crippen LogP contribution in [0.5, 0.6) is 0 Å². The number of likely N-dealkylation sites (N-methyl/N-ethyl adjacent to an activating group) is 1. The summed E-state index contributed by atoms with van der Waals surface area (Å²) >= 11 is 0. The molecule has 2 atom stereocenters. The molecule has 2 unspecified atom stereocenters. The highest BCUT2D eigenvalue weighted by Gasteiger charge is 2.24. The van der Waals surface area contributed by atoms with Crippen molar-refractivity contribution in [2.75, 3.05) is 40.3 Å². The van der Waals surface area contributed by atoms with Crippen LogP contribution in [0.4, 0.5) is 0 Å². The Hall–Kier alpha value is -0.120. The summed E-state index contributed by atoms with van der Waals surface area (Å²) in [6.45, 7) is 5.13. The van der Waals surface area contributed by atoms with Crippen LogP contribution in [0, 0.1) is 0 Å². The highest BCUT2D eigenvalue weighted by molar-refractivity contribution is 4.81. The average molecular weight is 253 g/mol. The number of nitrogens with zero attached hydrogens (tertiary/aromatic N) is 2. The minimum atomic E-state index is 0.814. The summed E-state index contributed by atoms with van der Waals surface area (Å²) in [5.41, 5.74) is 0. The molecule has 0 amide bonds. The second-order valence-electron chi connectivity index (χ2n) is 6.38. The Morgan fingerprint density at radius 3 is 2.78 bits per heavy atom. The van der Waals surface area contributed by atoms with Gasteiger partial charge in [0.15, 0.2) is 0 Å². The third-order valence-corrected chi connectivity index (χ3v) is 4.49. The van der Waals surface area contributed by atoms with Gasteiger partial charge in [0.25, 0.3) is 0 Å².